The zero-order valence-electron chi connectivity index (χ0n) is 10.4. The van der Waals surface area contributed by atoms with Crippen molar-refractivity contribution in [1.82, 2.24) is 0 Å². The molecule has 2 rings (SSSR count). The Morgan fingerprint density at radius 2 is 2.06 bits per heavy atom. The van der Waals surface area contributed by atoms with Crippen LogP contribution in [0.3, 0.4) is 0 Å². The van der Waals surface area contributed by atoms with Gasteiger partial charge < -0.3 is 0 Å². The van der Waals surface area contributed by atoms with Gasteiger partial charge >= 0.3 is 0 Å². The fourth-order valence-corrected chi connectivity index (χ4v) is 3.74. The Morgan fingerprint density at radius 3 is 2.69 bits per heavy atom. The van der Waals surface area contributed by atoms with Crippen LogP contribution in [-0.2, 0) is 4.79 Å². The van der Waals surface area contributed by atoms with Gasteiger partial charge in [0.05, 0.1) is 0 Å². The molecule has 1 spiro atoms. The molecule has 0 unspecified atom stereocenters. The summed E-state index contributed by atoms with van der Waals surface area (Å²) < 4.78 is 0. The van der Waals surface area contributed by atoms with Crippen LogP contribution in [0.2, 0.25) is 0 Å². The first-order valence-corrected chi connectivity index (χ1v) is 6.53. The summed E-state index contributed by atoms with van der Waals surface area (Å²) in [5.74, 6) is 0.994. The van der Waals surface area contributed by atoms with Gasteiger partial charge in [-0.1, -0.05) is 38.0 Å². The minimum atomic E-state index is 0.233. The van der Waals surface area contributed by atoms with Gasteiger partial charge in [0.2, 0.25) is 0 Å². The number of allylic oxidation sites excluding steroid dienone is 4. The van der Waals surface area contributed by atoms with Crippen molar-refractivity contribution >= 4 is 5.78 Å². The van der Waals surface area contributed by atoms with Gasteiger partial charge in [0.1, 0.15) is 0 Å². The number of hydrogen-bond acceptors (Lipinski definition) is 1. The number of hydrogen-bond donors (Lipinski definition) is 0. The number of ketones is 1. The minimum Gasteiger partial charge on any atom is -0.295 e. The van der Waals surface area contributed by atoms with Crippen LogP contribution in [0.4, 0.5) is 0 Å². The maximum Gasteiger partial charge on any atom is 0.159 e. The molecule has 1 heteroatoms. The van der Waals surface area contributed by atoms with Crippen LogP contribution in [0, 0.1) is 17.3 Å². The zero-order chi connectivity index (χ0) is 11.6. The first kappa shape index (κ1) is 11.6. The lowest BCUT2D eigenvalue weighted by Gasteiger charge is -2.41. The molecule has 16 heavy (non-hydrogen) atoms. The van der Waals surface area contributed by atoms with E-state index in [2.05, 4.69) is 19.1 Å². The summed E-state index contributed by atoms with van der Waals surface area (Å²) in [6.45, 7) is 4.13. The normalized spacial score (nSPS) is 32.6. The third-order valence-electron chi connectivity index (χ3n) is 4.39. The van der Waals surface area contributed by atoms with Crippen LogP contribution in [0.15, 0.2) is 24.3 Å². The van der Waals surface area contributed by atoms with E-state index in [1.165, 1.54) is 25.7 Å². The lowest BCUT2D eigenvalue weighted by atomic mass is 9.62. The van der Waals surface area contributed by atoms with Crippen LogP contribution in [0.5, 0.6) is 0 Å². The van der Waals surface area contributed by atoms with E-state index < -0.39 is 0 Å². The summed E-state index contributed by atoms with van der Waals surface area (Å²) in [6, 6.07) is 0. The second-order valence-electron chi connectivity index (χ2n) is 5.44. The molecule has 0 aromatic carbocycles. The van der Waals surface area contributed by atoms with E-state index in [0.29, 0.717) is 17.1 Å². The standard InChI is InChI=1S/C15H22O/c1-3-7-13(16)14-12(2)8-6-11-15(14)9-4-5-10-15/h3,6-8,12,14H,4-5,9-11H2,1-2H3/t12-,14+/m1/s1. The Morgan fingerprint density at radius 1 is 1.38 bits per heavy atom. The molecule has 0 aromatic rings. The summed E-state index contributed by atoms with van der Waals surface area (Å²) in [6.07, 6.45) is 14.4. The molecule has 2 atom stereocenters. The highest BCUT2D eigenvalue weighted by Gasteiger charge is 2.46. The average Bonchev–Trinajstić information content (AvgIpc) is 2.67. The largest absolute Gasteiger partial charge is 0.295 e. The van der Waals surface area contributed by atoms with E-state index >= 15 is 0 Å². The van der Waals surface area contributed by atoms with Crippen LogP contribution >= 0.6 is 0 Å². The summed E-state index contributed by atoms with van der Waals surface area (Å²) in [7, 11) is 0. The zero-order valence-corrected chi connectivity index (χ0v) is 10.4. The van der Waals surface area contributed by atoms with E-state index in [1.807, 2.05) is 13.0 Å². The third kappa shape index (κ3) is 1.88. The van der Waals surface area contributed by atoms with Gasteiger partial charge in [0.25, 0.3) is 0 Å². The van der Waals surface area contributed by atoms with E-state index in [9.17, 15) is 4.79 Å². The van der Waals surface area contributed by atoms with Crippen LogP contribution < -0.4 is 0 Å². The molecular formula is C15H22O. The van der Waals surface area contributed by atoms with Crippen molar-refractivity contribution in [2.75, 3.05) is 0 Å². The lowest BCUT2D eigenvalue weighted by Crippen LogP contribution is -2.38. The first-order valence-electron chi connectivity index (χ1n) is 6.53. The van der Waals surface area contributed by atoms with Crippen molar-refractivity contribution in [3.05, 3.63) is 24.3 Å². The number of carbonyl (C=O) groups excluding carboxylic acids is 1. The monoisotopic (exact) mass is 218 g/mol. The average molecular weight is 218 g/mol. The van der Waals surface area contributed by atoms with E-state index in [-0.39, 0.29) is 5.92 Å². The van der Waals surface area contributed by atoms with E-state index in [0.717, 1.165) is 6.42 Å². The predicted octanol–water partition coefficient (Wildman–Crippen LogP) is 3.90. The molecule has 2 aliphatic rings. The van der Waals surface area contributed by atoms with Gasteiger partial charge in [-0.25, -0.2) is 0 Å². The molecule has 0 saturated heterocycles. The van der Waals surface area contributed by atoms with Crippen molar-refractivity contribution in [3.8, 4) is 0 Å². The molecule has 0 aliphatic heterocycles. The highest BCUT2D eigenvalue weighted by molar-refractivity contribution is 5.92. The Kier molecular flexibility index (Phi) is 3.32. The van der Waals surface area contributed by atoms with Crippen molar-refractivity contribution in [2.45, 2.75) is 46.0 Å². The molecule has 88 valence electrons. The molecule has 2 aliphatic carbocycles. The molecule has 0 amide bonds. The highest BCUT2D eigenvalue weighted by Crippen LogP contribution is 2.52. The van der Waals surface area contributed by atoms with Crippen LogP contribution in [0.25, 0.3) is 0 Å². The summed E-state index contributed by atoms with van der Waals surface area (Å²) in [5, 5.41) is 0. The van der Waals surface area contributed by atoms with Gasteiger partial charge in [0.15, 0.2) is 5.78 Å². The van der Waals surface area contributed by atoms with E-state index in [4.69, 9.17) is 0 Å². The van der Waals surface area contributed by atoms with Gasteiger partial charge in [-0.05, 0) is 43.6 Å². The molecule has 0 radical (unpaired) electrons. The predicted molar refractivity (Wildman–Crippen MR) is 67.1 cm³/mol. The topological polar surface area (TPSA) is 17.1 Å². The Labute approximate surface area is 98.6 Å². The molecular weight excluding hydrogens is 196 g/mol. The highest BCUT2D eigenvalue weighted by atomic mass is 16.1. The van der Waals surface area contributed by atoms with Gasteiger partial charge in [0, 0.05) is 5.92 Å². The molecule has 0 N–H and O–H groups in total. The minimum absolute atomic E-state index is 0.233. The second kappa shape index (κ2) is 4.57. The molecule has 1 saturated carbocycles. The van der Waals surface area contributed by atoms with E-state index in [1.54, 1.807) is 6.08 Å². The van der Waals surface area contributed by atoms with Crippen LogP contribution in [0.1, 0.15) is 46.0 Å². The quantitative estimate of drug-likeness (QED) is 0.507. The second-order valence-corrected chi connectivity index (χ2v) is 5.44. The Bertz CT molecular complexity index is 318. The molecule has 0 heterocycles. The third-order valence-corrected chi connectivity index (χ3v) is 4.39. The van der Waals surface area contributed by atoms with Crippen LogP contribution in [-0.4, -0.2) is 5.78 Å². The smallest absolute Gasteiger partial charge is 0.159 e. The SMILES string of the molecule is CC=CC(=O)[C@@H]1[C@H](C)C=CCC12CCCC2. The first-order chi connectivity index (χ1) is 7.69. The lowest BCUT2D eigenvalue weighted by molar-refractivity contribution is -0.124. The maximum absolute atomic E-state index is 12.2. The van der Waals surface area contributed by atoms with Crippen molar-refractivity contribution in [1.29, 1.82) is 0 Å². The van der Waals surface area contributed by atoms with Crippen molar-refractivity contribution in [2.24, 2.45) is 17.3 Å². The fourth-order valence-electron chi connectivity index (χ4n) is 3.74. The summed E-state index contributed by atoms with van der Waals surface area (Å²) >= 11 is 0. The van der Waals surface area contributed by atoms with Crippen molar-refractivity contribution < 1.29 is 4.79 Å². The van der Waals surface area contributed by atoms with Crippen molar-refractivity contribution in [3.63, 3.8) is 0 Å². The fraction of sp³-hybridized carbons (Fsp3) is 0.667. The number of carbonyl (C=O) groups is 1. The summed E-state index contributed by atoms with van der Waals surface area (Å²) in [5.41, 5.74) is 0.296. The molecule has 1 fully saturated rings. The number of rotatable bonds is 2. The molecule has 1 nitrogen and oxygen atoms in total. The Balaban J connectivity index is 2.29. The van der Waals surface area contributed by atoms with Gasteiger partial charge in [-0.2, -0.15) is 0 Å². The van der Waals surface area contributed by atoms with Gasteiger partial charge in [-0.3, -0.25) is 4.79 Å². The Hall–Kier alpha value is -0.850. The molecule has 0 aromatic heterocycles. The maximum atomic E-state index is 12.2. The summed E-state index contributed by atoms with van der Waals surface area (Å²) in [4.78, 5) is 12.2. The van der Waals surface area contributed by atoms with Gasteiger partial charge in [-0.15, -0.1) is 0 Å². The molecule has 0 bridgehead atoms.